The molecular weight excluding hydrogens is 259 g/mol. The zero-order valence-corrected chi connectivity index (χ0v) is 11.0. The van der Waals surface area contributed by atoms with E-state index in [-0.39, 0.29) is 17.1 Å². The number of carboxylic acid groups (broad SMARTS) is 1. The number of para-hydroxylation sites is 2. The molecule has 0 amide bonds. The van der Waals surface area contributed by atoms with Gasteiger partial charge in [0.2, 0.25) is 0 Å². The second kappa shape index (κ2) is 5.61. The summed E-state index contributed by atoms with van der Waals surface area (Å²) in [6.07, 6.45) is 0. The van der Waals surface area contributed by atoms with Gasteiger partial charge >= 0.3 is 5.97 Å². The quantitative estimate of drug-likeness (QED) is 0.840. The number of rotatable bonds is 4. The lowest BCUT2D eigenvalue weighted by Crippen LogP contribution is -2.20. The summed E-state index contributed by atoms with van der Waals surface area (Å²) in [6.45, 7) is 2.31. The van der Waals surface area contributed by atoms with Gasteiger partial charge in [0.1, 0.15) is 5.82 Å². The van der Waals surface area contributed by atoms with Crippen LogP contribution in [0.2, 0.25) is 0 Å². The molecule has 0 atom stereocenters. The Kier molecular flexibility index (Phi) is 3.89. The van der Waals surface area contributed by atoms with Crippen molar-refractivity contribution in [2.75, 3.05) is 17.2 Å². The maximum absolute atomic E-state index is 13.9. The third-order valence-corrected chi connectivity index (χ3v) is 3.06. The van der Waals surface area contributed by atoms with Crippen LogP contribution in [0.3, 0.4) is 0 Å². The summed E-state index contributed by atoms with van der Waals surface area (Å²) >= 11 is 0. The molecule has 0 aliphatic carbocycles. The van der Waals surface area contributed by atoms with Crippen LogP contribution in [-0.4, -0.2) is 17.6 Å². The topological polar surface area (TPSA) is 66.6 Å². The lowest BCUT2D eigenvalue weighted by atomic mass is 10.1. The van der Waals surface area contributed by atoms with E-state index in [1.165, 1.54) is 12.1 Å². The minimum atomic E-state index is -1.10. The van der Waals surface area contributed by atoms with Gasteiger partial charge in [-0.3, -0.25) is 0 Å². The molecule has 5 heteroatoms. The van der Waals surface area contributed by atoms with Crippen LogP contribution in [0.25, 0.3) is 0 Å². The number of nitrogen functional groups attached to an aromatic ring is 1. The van der Waals surface area contributed by atoms with Crippen molar-refractivity contribution in [3.63, 3.8) is 0 Å². The van der Waals surface area contributed by atoms with Crippen LogP contribution in [-0.2, 0) is 0 Å². The predicted octanol–water partition coefficient (Wildman–Crippen LogP) is 3.26. The molecule has 0 fully saturated rings. The fraction of sp³-hybridized carbons (Fsp3) is 0.133. The lowest BCUT2D eigenvalue weighted by Gasteiger charge is -2.25. The summed E-state index contributed by atoms with van der Waals surface area (Å²) in [5.74, 6) is -1.48. The number of aromatic carboxylic acids is 1. The molecule has 4 nitrogen and oxygen atoms in total. The molecule has 0 aromatic heterocycles. The standard InChI is InChI=1S/C15H15FN2O2/c1-2-18(12-8-4-3-7-11(12)16)13-9-5-6-10(14(13)17)15(19)20/h3-9H,2,17H2,1H3,(H,19,20). The van der Waals surface area contributed by atoms with E-state index < -0.39 is 5.97 Å². The highest BCUT2D eigenvalue weighted by molar-refractivity contribution is 5.98. The van der Waals surface area contributed by atoms with Crippen molar-refractivity contribution in [3.8, 4) is 0 Å². The Morgan fingerprint density at radius 2 is 1.85 bits per heavy atom. The maximum atomic E-state index is 13.9. The Morgan fingerprint density at radius 3 is 2.45 bits per heavy atom. The van der Waals surface area contributed by atoms with Crippen LogP contribution in [0, 0.1) is 5.82 Å². The number of carboxylic acids is 1. The molecule has 2 aromatic rings. The van der Waals surface area contributed by atoms with Crippen LogP contribution in [0.4, 0.5) is 21.5 Å². The molecule has 0 aliphatic rings. The summed E-state index contributed by atoms with van der Waals surface area (Å²) in [5, 5.41) is 9.10. The summed E-state index contributed by atoms with van der Waals surface area (Å²) in [5.41, 5.74) is 6.89. The Labute approximate surface area is 116 Å². The fourth-order valence-electron chi connectivity index (χ4n) is 2.12. The highest BCUT2D eigenvalue weighted by Gasteiger charge is 2.18. The molecule has 0 unspecified atom stereocenters. The average Bonchev–Trinajstić information content (AvgIpc) is 2.43. The normalized spacial score (nSPS) is 10.3. The fourth-order valence-corrected chi connectivity index (χ4v) is 2.12. The number of anilines is 3. The molecule has 104 valence electrons. The molecule has 0 spiro atoms. The summed E-state index contributed by atoms with van der Waals surface area (Å²) in [7, 11) is 0. The smallest absolute Gasteiger partial charge is 0.337 e. The molecule has 0 saturated carbocycles. The molecule has 3 N–H and O–H groups in total. The van der Waals surface area contributed by atoms with E-state index in [2.05, 4.69) is 0 Å². The first kappa shape index (κ1) is 13.9. The van der Waals surface area contributed by atoms with Crippen LogP contribution in [0.1, 0.15) is 17.3 Å². The van der Waals surface area contributed by atoms with E-state index in [1.54, 1.807) is 35.2 Å². The average molecular weight is 274 g/mol. The van der Waals surface area contributed by atoms with E-state index in [4.69, 9.17) is 10.8 Å². The van der Waals surface area contributed by atoms with E-state index in [0.29, 0.717) is 17.9 Å². The Bertz CT molecular complexity index is 644. The van der Waals surface area contributed by atoms with Gasteiger partial charge in [-0.25, -0.2) is 9.18 Å². The number of benzene rings is 2. The highest BCUT2D eigenvalue weighted by atomic mass is 19.1. The van der Waals surface area contributed by atoms with Gasteiger partial charge in [-0.15, -0.1) is 0 Å². The van der Waals surface area contributed by atoms with Gasteiger partial charge in [0.05, 0.1) is 22.6 Å². The second-order valence-electron chi connectivity index (χ2n) is 4.24. The lowest BCUT2D eigenvalue weighted by molar-refractivity contribution is 0.0698. The monoisotopic (exact) mass is 274 g/mol. The third kappa shape index (κ3) is 2.42. The SMILES string of the molecule is CCN(c1ccccc1F)c1cccc(C(=O)O)c1N. The Hall–Kier alpha value is -2.56. The minimum absolute atomic E-state index is 0.0114. The highest BCUT2D eigenvalue weighted by Crippen LogP contribution is 2.33. The maximum Gasteiger partial charge on any atom is 0.337 e. The summed E-state index contributed by atoms with van der Waals surface area (Å²) < 4.78 is 13.9. The van der Waals surface area contributed by atoms with Gasteiger partial charge in [-0.05, 0) is 31.2 Å². The van der Waals surface area contributed by atoms with Crippen LogP contribution >= 0.6 is 0 Å². The first-order chi connectivity index (χ1) is 9.56. The molecule has 2 aromatic carbocycles. The van der Waals surface area contributed by atoms with E-state index in [0.717, 1.165) is 0 Å². The summed E-state index contributed by atoms with van der Waals surface area (Å²) in [6, 6.07) is 11.0. The molecule has 0 aliphatic heterocycles. The Balaban J connectivity index is 2.56. The second-order valence-corrected chi connectivity index (χ2v) is 4.24. The number of carbonyl (C=O) groups is 1. The van der Waals surface area contributed by atoms with Gasteiger partial charge in [0.25, 0.3) is 0 Å². The number of nitrogens with two attached hydrogens (primary N) is 1. The molecular formula is C15H15FN2O2. The van der Waals surface area contributed by atoms with Crippen molar-refractivity contribution in [1.29, 1.82) is 0 Å². The molecule has 0 heterocycles. The van der Waals surface area contributed by atoms with Gasteiger partial charge in [0, 0.05) is 6.54 Å². The van der Waals surface area contributed by atoms with E-state index in [1.807, 2.05) is 6.92 Å². The number of hydrogen-bond acceptors (Lipinski definition) is 3. The van der Waals surface area contributed by atoms with Crippen molar-refractivity contribution < 1.29 is 14.3 Å². The van der Waals surface area contributed by atoms with E-state index in [9.17, 15) is 9.18 Å². The van der Waals surface area contributed by atoms with Gasteiger partial charge in [-0.2, -0.15) is 0 Å². The summed E-state index contributed by atoms with van der Waals surface area (Å²) in [4.78, 5) is 12.8. The van der Waals surface area contributed by atoms with Crippen LogP contribution < -0.4 is 10.6 Å². The van der Waals surface area contributed by atoms with Crippen molar-refractivity contribution in [2.45, 2.75) is 6.92 Å². The molecule has 0 saturated heterocycles. The zero-order valence-electron chi connectivity index (χ0n) is 11.0. The van der Waals surface area contributed by atoms with Gasteiger partial charge in [-0.1, -0.05) is 18.2 Å². The first-order valence-electron chi connectivity index (χ1n) is 6.20. The first-order valence-corrected chi connectivity index (χ1v) is 6.20. The van der Waals surface area contributed by atoms with Crippen molar-refractivity contribution in [3.05, 3.63) is 53.8 Å². The number of hydrogen-bond donors (Lipinski definition) is 2. The molecule has 2 rings (SSSR count). The van der Waals surface area contributed by atoms with Gasteiger partial charge < -0.3 is 15.7 Å². The minimum Gasteiger partial charge on any atom is -0.478 e. The predicted molar refractivity (Wildman–Crippen MR) is 76.9 cm³/mol. The largest absolute Gasteiger partial charge is 0.478 e. The number of halogens is 1. The third-order valence-electron chi connectivity index (χ3n) is 3.06. The van der Waals surface area contributed by atoms with Crippen LogP contribution in [0.5, 0.6) is 0 Å². The van der Waals surface area contributed by atoms with E-state index >= 15 is 0 Å². The van der Waals surface area contributed by atoms with Crippen molar-refractivity contribution in [2.24, 2.45) is 0 Å². The van der Waals surface area contributed by atoms with Crippen molar-refractivity contribution >= 4 is 23.0 Å². The van der Waals surface area contributed by atoms with Gasteiger partial charge in [0.15, 0.2) is 0 Å². The zero-order chi connectivity index (χ0) is 14.7. The Morgan fingerprint density at radius 1 is 1.20 bits per heavy atom. The number of nitrogens with zero attached hydrogens (tertiary/aromatic N) is 1. The molecule has 0 radical (unpaired) electrons. The van der Waals surface area contributed by atoms with Crippen molar-refractivity contribution in [1.82, 2.24) is 0 Å². The molecule has 20 heavy (non-hydrogen) atoms. The van der Waals surface area contributed by atoms with Crippen LogP contribution in [0.15, 0.2) is 42.5 Å². The molecule has 0 bridgehead atoms.